The molecule has 27 heavy (non-hydrogen) atoms. The second-order valence-electron chi connectivity index (χ2n) is 7.22. The van der Waals surface area contributed by atoms with Crippen molar-refractivity contribution in [3.05, 3.63) is 16.8 Å². The van der Waals surface area contributed by atoms with E-state index in [-0.39, 0.29) is 5.92 Å². The molecule has 2 aromatic rings. The van der Waals surface area contributed by atoms with Gasteiger partial charge in [0.25, 0.3) is 5.91 Å². The molecule has 0 saturated carbocycles. The summed E-state index contributed by atoms with van der Waals surface area (Å²) < 4.78 is 23.7. The second kappa shape index (κ2) is 8.26. The van der Waals surface area contributed by atoms with Gasteiger partial charge in [0.15, 0.2) is 0 Å². The van der Waals surface area contributed by atoms with Crippen LogP contribution in [0.3, 0.4) is 0 Å². The van der Waals surface area contributed by atoms with Crippen LogP contribution >= 0.6 is 22.7 Å². The summed E-state index contributed by atoms with van der Waals surface area (Å²) in [6.45, 7) is 8.87. The van der Waals surface area contributed by atoms with Crippen LogP contribution in [0.5, 0.6) is 0 Å². The zero-order valence-electron chi connectivity index (χ0n) is 16.0. The Bertz CT molecular complexity index is 948. The molecule has 0 saturated heterocycles. The topological polar surface area (TPSA) is 111 Å². The number of ether oxygens (including phenoxy) is 1. The predicted molar refractivity (Wildman–Crippen MR) is 110 cm³/mol. The molecule has 0 bridgehead atoms. The Morgan fingerprint density at radius 2 is 2.04 bits per heavy atom. The molecule has 150 valence electrons. The van der Waals surface area contributed by atoms with Crippen LogP contribution in [0, 0.1) is 5.92 Å². The molecule has 2 aromatic heterocycles. The van der Waals surface area contributed by atoms with Gasteiger partial charge < -0.3 is 10.1 Å². The van der Waals surface area contributed by atoms with Gasteiger partial charge in [-0.2, -0.15) is 0 Å². The van der Waals surface area contributed by atoms with E-state index in [0.29, 0.717) is 11.3 Å². The van der Waals surface area contributed by atoms with Gasteiger partial charge in [-0.3, -0.25) is 4.79 Å². The number of thiophene rings is 2. The number of nitrogens with one attached hydrogen (secondary N) is 1. The van der Waals surface area contributed by atoms with Crippen molar-refractivity contribution in [2.75, 3.05) is 0 Å². The minimum Gasteiger partial charge on any atom is -0.444 e. The van der Waals surface area contributed by atoms with E-state index in [4.69, 9.17) is 9.88 Å². The molecule has 0 fully saturated rings. The SMILES string of the molecule is CC[C@H](C)[C@H](NC(=O)OC(C)(C)C)C(=O)N=S(N)(=O)c1csc2ccsc12. The van der Waals surface area contributed by atoms with Crippen LogP contribution in [-0.4, -0.2) is 27.9 Å². The molecule has 1 unspecified atom stereocenters. The lowest BCUT2D eigenvalue weighted by molar-refractivity contribution is -0.120. The molecular formula is C17H25N3O4S3. The summed E-state index contributed by atoms with van der Waals surface area (Å²) in [7, 11) is -3.42. The molecule has 2 heterocycles. The van der Waals surface area contributed by atoms with Gasteiger partial charge in [0.05, 0.1) is 9.60 Å². The maximum Gasteiger partial charge on any atom is 0.408 e. The van der Waals surface area contributed by atoms with Gasteiger partial charge in [-0.25, -0.2) is 14.1 Å². The number of fused-ring (bicyclic) bond motifs is 1. The Kier molecular flexibility index (Phi) is 6.67. The van der Waals surface area contributed by atoms with Gasteiger partial charge in [-0.05, 0) is 38.1 Å². The van der Waals surface area contributed by atoms with Gasteiger partial charge in [0.1, 0.15) is 21.6 Å². The van der Waals surface area contributed by atoms with Crippen molar-refractivity contribution in [2.24, 2.45) is 15.4 Å². The van der Waals surface area contributed by atoms with Crippen LogP contribution in [0.15, 0.2) is 26.1 Å². The van der Waals surface area contributed by atoms with E-state index >= 15 is 0 Å². The zero-order chi connectivity index (χ0) is 20.4. The number of amides is 2. The van der Waals surface area contributed by atoms with E-state index in [1.807, 2.05) is 18.4 Å². The summed E-state index contributed by atoms with van der Waals surface area (Å²) in [5.41, 5.74) is -0.701. The highest BCUT2D eigenvalue weighted by atomic mass is 32.2. The van der Waals surface area contributed by atoms with Crippen molar-refractivity contribution in [1.29, 1.82) is 0 Å². The molecule has 3 atom stereocenters. The molecule has 10 heteroatoms. The number of alkyl carbamates (subject to hydrolysis) is 1. The standard InChI is InChI=1S/C17H25N3O4S3/c1-6-10(2)13(19-16(22)24-17(3,4)5)15(21)20-27(18,23)12-9-26-11-7-8-25-14(11)12/h7-10,13H,6H2,1-5H3,(H,19,22)(H2,18,20,21,23)/t10-,13-,27?/m0/s1. The van der Waals surface area contributed by atoms with Crippen molar-refractivity contribution < 1.29 is 18.5 Å². The van der Waals surface area contributed by atoms with Crippen molar-refractivity contribution in [2.45, 2.75) is 57.6 Å². The van der Waals surface area contributed by atoms with E-state index in [1.165, 1.54) is 22.7 Å². The molecule has 0 radical (unpaired) electrons. The molecule has 3 N–H and O–H groups in total. The number of carbonyl (C=O) groups is 2. The van der Waals surface area contributed by atoms with Crippen LogP contribution in [0.2, 0.25) is 0 Å². The summed E-state index contributed by atoms with van der Waals surface area (Å²) in [5.74, 6) is -0.952. The quantitative estimate of drug-likeness (QED) is 0.741. The second-order valence-corrected chi connectivity index (χ2v) is 10.8. The molecule has 7 nitrogen and oxygen atoms in total. The maximum absolute atomic E-state index is 13.0. The van der Waals surface area contributed by atoms with Gasteiger partial charge >= 0.3 is 6.09 Å². The van der Waals surface area contributed by atoms with Crippen LogP contribution < -0.4 is 10.5 Å². The average Bonchev–Trinajstić information content (AvgIpc) is 3.12. The van der Waals surface area contributed by atoms with E-state index in [1.54, 1.807) is 33.1 Å². The summed E-state index contributed by atoms with van der Waals surface area (Å²) in [6, 6.07) is 0.934. The van der Waals surface area contributed by atoms with E-state index in [9.17, 15) is 13.8 Å². The number of nitrogens with two attached hydrogens (primary N) is 1. The summed E-state index contributed by atoms with van der Waals surface area (Å²) in [4.78, 5) is 25.2. The molecule has 0 aliphatic carbocycles. The first-order chi connectivity index (χ1) is 12.4. The van der Waals surface area contributed by atoms with Crippen LogP contribution in [-0.2, 0) is 19.4 Å². The first-order valence-corrected chi connectivity index (χ1v) is 11.8. The number of rotatable bonds is 5. The highest BCUT2D eigenvalue weighted by Crippen LogP contribution is 2.33. The summed E-state index contributed by atoms with van der Waals surface area (Å²) in [5, 5.41) is 12.0. The van der Waals surface area contributed by atoms with Gasteiger partial charge in [0.2, 0.25) is 0 Å². The number of nitrogens with zero attached hydrogens (tertiary/aromatic N) is 1. The fourth-order valence-corrected chi connectivity index (χ4v) is 6.28. The lowest BCUT2D eigenvalue weighted by atomic mass is 9.99. The Hall–Kier alpha value is -1.49. The largest absolute Gasteiger partial charge is 0.444 e. The predicted octanol–water partition coefficient (Wildman–Crippen LogP) is 4.13. The molecule has 2 amide bonds. The molecule has 0 spiro atoms. The number of hydrogen-bond donors (Lipinski definition) is 2. The average molecular weight is 432 g/mol. The highest BCUT2D eigenvalue weighted by Gasteiger charge is 2.29. The fraction of sp³-hybridized carbons (Fsp3) is 0.529. The molecule has 0 aliphatic rings. The Labute approximate surface area is 167 Å². The van der Waals surface area contributed by atoms with Crippen LogP contribution in [0.4, 0.5) is 4.79 Å². The van der Waals surface area contributed by atoms with Crippen molar-refractivity contribution >= 4 is 54.0 Å². The van der Waals surface area contributed by atoms with Crippen molar-refractivity contribution in [1.82, 2.24) is 5.32 Å². The molecule has 0 aromatic carbocycles. The van der Waals surface area contributed by atoms with Crippen molar-refractivity contribution in [3.8, 4) is 0 Å². The third kappa shape index (κ3) is 5.50. The Balaban J connectivity index is 2.31. The summed E-state index contributed by atoms with van der Waals surface area (Å²) >= 11 is 2.80. The minimum atomic E-state index is -3.42. The van der Waals surface area contributed by atoms with Gasteiger partial charge in [0, 0.05) is 10.1 Å². The number of hydrogen-bond acceptors (Lipinski definition) is 6. The van der Waals surface area contributed by atoms with Crippen LogP contribution in [0.1, 0.15) is 41.0 Å². The molecule has 0 aliphatic heterocycles. The first kappa shape index (κ1) is 21.8. The van der Waals surface area contributed by atoms with Gasteiger partial charge in [-0.15, -0.1) is 27.0 Å². The number of carbonyl (C=O) groups excluding carboxylic acids is 2. The van der Waals surface area contributed by atoms with E-state index < -0.39 is 33.6 Å². The lowest BCUT2D eigenvalue weighted by Crippen LogP contribution is -2.46. The highest BCUT2D eigenvalue weighted by molar-refractivity contribution is 7.92. The third-order valence-electron chi connectivity index (χ3n) is 3.84. The minimum absolute atomic E-state index is 0.229. The first-order valence-electron chi connectivity index (χ1n) is 8.47. The Morgan fingerprint density at radius 3 is 2.63 bits per heavy atom. The van der Waals surface area contributed by atoms with E-state index in [2.05, 4.69) is 9.68 Å². The monoisotopic (exact) mass is 431 g/mol. The zero-order valence-corrected chi connectivity index (χ0v) is 18.4. The normalized spacial score (nSPS) is 16.4. The summed E-state index contributed by atoms with van der Waals surface area (Å²) in [6.07, 6.45) is -0.114. The smallest absolute Gasteiger partial charge is 0.408 e. The van der Waals surface area contributed by atoms with E-state index in [0.717, 1.165) is 9.40 Å². The van der Waals surface area contributed by atoms with Crippen molar-refractivity contribution in [3.63, 3.8) is 0 Å². The molecule has 2 rings (SSSR count). The third-order valence-corrected chi connectivity index (χ3v) is 7.54. The molecular weight excluding hydrogens is 406 g/mol. The fourth-order valence-electron chi connectivity index (χ4n) is 2.30. The van der Waals surface area contributed by atoms with Crippen LogP contribution in [0.25, 0.3) is 9.40 Å². The lowest BCUT2D eigenvalue weighted by Gasteiger charge is -2.25. The van der Waals surface area contributed by atoms with Gasteiger partial charge in [-0.1, -0.05) is 20.3 Å². The Morgan fingerprint density at radius 1 is 1.37 bits per heavy atom. The maximum atomic E-state index is 13.0.